The van der Waals surface area contributed by atoms with Gasteiger partial charge in [0, 0.05) is 0 Å². The van der Waals surface area contributed by atoms with Crippen LogP contribution in [0.5, 0.6) is 0 Å². The average Bonchev–Trinajstić information content (AvgIpc) is 2.84. The van der Waals surface area contributed by atoms with E-state index in [1.165, 1.54) is 64.2 Å². The Morgan fingerprint density at radius 3 is 2.50 bits per heavy atom. The van der Waals surface area contributed by atoms with Gasteiger partial charge in [0.25, 0.3) is 0 Å². The van der Waals surface area contributed by atoms with Crippen LogP contribution in [0.2, 0.25) is 0 Å². The summed E-state index contributed by atoms with van der Waals surface area (Å²) in [5.74, 6) is 5.22. The predicted octanol–water partition coefficient (Wildman–Crippen LogP) is 7.16. The van der Waals surface area contributed by atoms with E-state index in [0.717, 1.165) is 29.6 Å². The number of unbranched alkanes of at least 4 members (excludes halogenated alkanes) is 5. The van der Waals surface area contributed by atoms with Gasteiger partial charge < -0.3 is 0 Å². The smallest absolute Gasteiger partial charge is 0.0274 e. The Labute approximate surface area is 139 Å². The van der Waals surface area contributed by atoms with Crippen LogP contribution in [0.15, 0.2) is 17.9 Å². The Kier molecular flexibility index (Phi) is 7.81. The molecule has 5 unspecified atom stereocenters. The fourth-order valence-corrected chi connectivity index (χ4v) is 5.26. The van der Waals surface area contributed by atoms with E-state index in [0.29, 0.717) is 0 Å². The summed E-state index contributed by atoms with van der Waals surface area (Å²) in [6.07, 6.45) is 20.1. The first-order valence-electron chi connectivity index (χ1n) is 10.1. The lowest BCUT2D eigenvalue weighted by molar-refractivity contribution is 0.170. The number of allylic oxidation sites excluding steroid dienone is 1. The first kappa shape index (κ1) is 17.9. The van der Waals surface area contributed by atoms with Gasteiger partial charge in [-0.1, -0.05) is 58.8 Å². The van der Waals surface area contributed by atoms with E-state index in [-0.39, 0.29) is 0 Å². The Morgan fingerprint density at radius 1 is 0.955 bits per heavy atom. The van der Waals surface area contributed by atoms with Crippen molar-refractivity contribution in [3.05, 3.63) is 17.9 Å². The van der Waals surface area contributed by atoms with Gasteiger partial charge in [-0.25, -0.2) is 0 Å². The molecule has 0 aromatic rings. The van der Waals surface area contributed by atoms with Gasteiger partial charge in [-0.05, 0) is 74.3 Å². The minimum absolute atomic E-state index is 1.01. The van der Waals surface area contributed by atoms with E-state index >= 15 is 0 Å². The third-order valence-corrected chi connectivity index (χ3v) is 6.68. The van der Waals surface area contributed by atoms with E-state index in [2.05, 4.69) is 25.7 Å². The normalized spacial score (nSPS) is 34.0. The number of fused-ring (bicyclic) bond motifs is 1. The predicted molar refractivity (Wildman–Crippen MR) is 97.9 cm³/mol. The average molecular weight is 303 g/mol. The van der Waals surface area contributed by atoms with Gasteiger partial charge in [0.1, 0.15) is 0 Å². The zero-order chi connectivity index (χ0) is 15.8. The molecule has 0 nitrogen and oxygen atoms in total. The second kappa shape index (κ2) is 9.61. The summed E-state index contributed by atoms with van der Waals surface area (Å²) in [5, 5.41) is 0. The second-order valence-corrected chi connectivity index (χ2v) is 8.10. The van der Waals surface area contributed by atoms with Gasteiger partial charge in [0.15, 0.2) is 0 Å². The summed E-state index contributed by atoms with van der Waals surface area (Å²) in [4.78, 5) is 0. The topological polar surface area (TPSA) is 0 Å². The molecule has 0 saturated heterocycles. The number of rotatable bonds is 8. The summed E-state index contributed by atoms with van der Waals surface area (Å²) >= 11 is 0. The molecule has 0 amide bonds. The van der Waals surface area contributed by atoms with Crippen LogP contribution in [-0.4, -0.2) is 0 Å². The highest BCUT2D eigenvalue weighted by Gasteiger charge is 2.43. The van der Waals surface area contributed by atoms with Gasteiger partial charge in [0.2, 0.25) is 0 Å². The van der Waals surface area contributed by atoms with Gasteiger partial charge >= 0.3 is 0 Å². The van der Waals surface area contributed by atoms with E-state index in [1.54, 1.807) is 6.42 Å². The molecular weight excluding hydrogens is 264 g/mol. The fourth-order valence-electron chi connectivity index (χ4n) is 5.26. The van der Waals surface area contributed by atoms with Crippen LogP contribution in [0.3, 0.4) is 0 Å². The molecule has 0 heterocycles. The van der Waals surface area contributed by atoms with Gasteiger partial charge in [-0.2, -0.15) is 0 Å². The molecule has 2 aliphatic rings. The standard InChI is InChI=1S/C22H38/c1-4-5-6-7-8-9-10-11-12-15-20-17-22-18(2)14-13-16-21(22)19(20)3/h4,6,18-22H,7-17H2,1-3H3. The molecule has 22 heavy (non-hydrogen) atoms. The maximum atomic E-state index is 3.17. The van der Waals surface area contributed by atoms with E-state index in [4.69, 9.17) is 0 Å². The van der Waals surface area contributed by atoms with Crippen LogP contribution in [0.25, 0.3) is 0 Å². The van der Waals surface area contributed by atoms with Gasteiger partial charge in [-0.3, -0.25) is 0 Å². The van der Waals surface area contributed by atoms with E-state index < -0.39 is 0 Å². The summed E-state index contributed by atoms with van der Waals surface area (Å²) in [5.41, 5.74) is 3.17. The molecule has 2 aliphatic carbocycles. The van der Waals surface area contributed by atoms with Crippen LogP contribution >= 0.6 is 0 Å². The van der Waals surface area contributed by atoms with Crippen LogP contribution in [0.4, 0.5) is 0 Å². The quantitative estimate of drug-likeness (QED) is 0.329. The monoisotopic (exact) mass is 302 g/mol. The summed E-state index contributed by atoms with van der Waals surface area (Å²) in [7, 11) is 0. The van der Waals surface area contributed by atoms with Crippen molar-refractivity contribution in [2.75, 3.05) is 0 Å². The Balaban J connectivity index is 1.57. The van der Waals surface area contributed by atoms with Crippen molar-refractivity contribution in [2.24, 2.45) is 29.6 Å². The zero-order valence-electron chi connectivity index (χ0n) is 15.3. The lowest BCUT2D eigenvalue weighted by atomic mass is 9.73. The highest BCUT2D eigenvalue weighted by atomic mass is 14.5. The maximum absolute atomic E-state index is 3.17. The third-order valence-electron chi connectivity index (χ3n) is 6.68. The van der Waals surface area contributed by atoms with Crippen molar-refractivity contribution in [1.29, 1.82) is 0 Å². The Morgan fingerprint density at radius 2 is 1.73 bits per heavy atom. The van der Waals surface area contributed by atoms with Crippen molar-refractivity contribution in [3.8, 4) is 0 Å². The minimum Gasteiger partial charge on any atom is -0.130 e. The molecule has 0 spiro atoms. The van der Waals surface area contributed by atoms with Crippen molar-refractivity contribution in [2.45, 2.75) is 91.4 Å². The molecular formula is C22H38. The van der Waals surface area contributed by atoms with Crippen molar-refractivity contribution in [3.63, 3.8) is 0 Å². The van der Waals surface area contributed by atoms with Crippen molar-refractivity contribution < 1.29 is 0 Å². The molecule has 2 rings (SSSR count). The highest BCUT2D eigenvalue weighted by molar-refractivity contribution is 4.93. The molecule has 2 fully saturated rings. The first-order valence-corrected chi connectivity index (χ1v) is 10.1. The zero-order valence-corrected chi connectivity index (χ0v) is 15.3. The molecule has 126 valence electrons. The summed E-state index contributed by atoms with van der Waals surface area (Å²) in [6.45, 7) is 7.13. The third kappa shape index (κ3) is 5.02. The first-order chi connectivity index (χ1) is 10.7. The molecule has 0 heteroatoms. The molecule has 2 saturated carbocycles. The van der Waals surface area contributed by atoms with Gasteiger partial charge in [0.05, 0.1) is 0 Å². The molecule has 0 N–H and O–H groups in total. The lowest BCUT2D eigenvalue weighted by Crippen LogP contribution is -2.24. The van der Waals surface area contributed by atoms with Crippen LogP contribution in [0, 0.1) is 29.6 Å². The maximum Gasteiger partial charge on any atom is -0.0274 e. The molecule has 5 atom stereocenters. The van der Waals surface area contributed by atoms with Crippen LogP contribution in [0.1, 0.15) is 91.4 Å². The number of hydrogen-bond donors (Lipinski definition) is 0. The van der Waals surface area contributed by atoms with Crippen LogP contribution < -0.4 is 0 Å². The SMILES string of the molecule is CC=C=CCCCCCCCC1CC2C(C)CCCC2C1C. The molecule has 0 aliphatic heterocycles. The molecule has 0 radical (unpaired) electrons. The Bertz CT molecular complexity index is 360. The van der Waals surface area contributed by atoms with Crippen molar-refractivity contribution in [1.82, 2.24) is 0 Å². The van der Waals surface area contributed by atoms with Gasteiger partial charge in [-0.15, -0.1) is 5.73 Å². The largest absolute Gasteiger partial charge is 0.130 e. The minimum atomic E-state index is 1.01. The van der Waals surface area contributed by atoms with E-state index in [1.807, 2.05) is 13.0 Å². The van der Waals surface area contributed by atoms with E-state index in [9.17, 15) is 0 Å². The second-order valence-electron chi connectivity index (χ2n) is 8.10. The molecule has 0 aromatic heterocycles. The van der Waals surface area contributed by atoms with Crippen molar-refractivity contribution >= 4 is 0 Å². The van der Waals surface area contributed by atoms with Crippen LogP contribution in [-0.2, 0) is 0 Å². The fraction of sp³-hybridized carbons (Fsp3) is 0.864. The molecule has 0 bridgehead atoms. The molecule has 0 aromatic carbocycles. The number of hydrogen-bond acceptors (Lipinski definition) is 0. The summed E-state index contributed by atoms with van der Waals surface area (Å²) in [6, 6.07) is 0. The Hall–Kier alpha value is -0.480. The summed E-state index contributed by atoms with van der Waals surface area (Å²) < 4.78 is 0. The highest BCUT2D eigenvalue weighted by Crippen LogP contribution is 2.52. The lowest BCUT2D eigenvalue weighted by Gasteiger charge is -2.33.